The largest absolute Gasteiger partial charge is 0.374 e. The van der Waals surface area contributed by atoms with Crippen molar-refractivity contribution >= 4 is 5.78 Å². The van der Waals surface area contributed by atoms with E-state index in [1.807, 2.05) is 0 Å². The Balaban J connectivity index is 2.18. The van der Waals surface area contributed by atoms with Crippen LogP contribution in [0.5, 0.6) is 0 Å². The van der Waals surface area contributed by atoms with Gasteiger partial charge in [0.15, 0.2) is 0 Å². The second kappa shape index (κ2) is 3.52. The normalized spacial score (nSPS) is 25.2. The van der Waals surface area contributed by atoms with E-state index in [9.17, 15) is 4.79 Å². The molecule has 1 aliphatic rings. The SMILES string of the molecule is C=CCOC1CCC(=O)C1. The standard InChI is InChI=1S/C8H12O2/c1-2-5-10-8-4-3-7(9)6-8/h2,8H,1,3-6H2. The molecular weight excluding hydrogens is 128 g/mol. The number of ketones is 1. The minimum absolute atomic E-state index is 0.172. The summed E-state index contributed by atoms with van der Waals surface area (Å²) in [5.74, 6) is 0.328. The van der Waals surface area contributed by atoms with Crippen molar-refractivity contribution in [2.75, 3.05) is 6.61 Å². The Kier molecular flexibility index (Phi) is 2.63. The van der Waals surface area contributed by atoms with E-state index in [1.54, 1.807) is 6.08 Å². The zero-order chi connectivity index (χ0) is 7.40. The molecule has 0 amide bonds. The highest BCUT2D eigenvalue weighted by Crippen LogP contribution is 2.17. The van der Waals surface area contributed by atoms with Gasteiger partial charge < -0.3 is 4.74 Å². The molecule has 1 atom stereocenters. The van der Waals surface area contributed by atoms with Gasteiger partial charge >= 0.3 is 0 Å². The summed E-state index contributed by atoms with van der Waals surface area (Å²) in [6.07, 6.45) is 4.08. The average Bonchev–Trinajstić information content (AvgIpc) is 2.31. The van der Waals surface area contributed by atoms with Gasteiger partial charge in [0.05, 0.1) is 12.7 Å². The molecule has 0 aromatic carbocycles. The summed E-state index contributed by atoms with van der Waals surface area (Å²) < 4.78 is 5.28. The molecule has 0 N–H and O–H groups in total. The molecule has 1 saturated carbocycles. The van der Waals surface area contributed by atoms with E-state index in [0.29, 0.717) is 25.2 Å². The number of Topliss-reactive ketones (excluding diaryl/α,β-unsaturated/α-hetero) is 1. The predicted molar refractivity (Wildman–Crippen MR) is 38.8 cm³/mol. The van der Waals surface area contributed by atoms with Crippen LogP contribution in [0.2, 0.25) is 0 Å². The summed E-state index contributed by atoms with van der Waals surface area (Å²) in [4.78, 5) is 10.7. The van der Waals surface area contributed by atoms with E-state index in [-0.39, 0.29) is 6.10 Å². The van der Waals surface area contributed by atoms with Gasteiger partial charge in [-0.1, -0.05) is 6.08 Å². The first kappa shape index (κ1) is 7.48. The van der Waals surface area contributed by atoms with E-state index in [2.05, 4.69) is 6.58 Å². The van der Waals surface area contributed by atoms with Crippen molar-refractivity contribution < 1.29 is 9.53 Å². The molecule has 10 heavy (non-hydrogen) atoms. The zero-order valence-corrected chi connectivity index (χ0v) is 6.01. The van der Waals surface area contributed by atoms with E-state index in [1.165, 1.54) is 0 Å². The quantitative estimate of drug-likeness (QED) is 0.552. The maximum absolute atomic E-state index is 10.7. The Morgan fingerprint density at radius 3 is 3.10 bits per heavy atom. The smallest absolute Gasteiger partial charge is 0.135 e. The minimum atomic E-state index is 0.172. The Bertz CT molecular complexity index is 140. The van der Waals surface area contributed by atoms with Crippen LogP contribution in [-0.4, -0.2) is 18.5 Å². The van der Waals surface area contributed by atoms with E-state index in [4.69, 9.17) is 4.74 Å². The maximum atomic E-state index is 10.7. The van der Waals surface area contributed by atoms with Gasteiger partial charge in [-0.15, -0.1) is 6.58 Å². The molecule has 1 rings (SSSR count). The van der Waals surface area contributed by atoms with Crippen molar-refractivity contribution in [2.24, 2.45) is 0 Å². The lowest BCUT2D eigenvalue weighted by molar-refractivity contribution is -0.118. The molecule has 2 nitrogen and oxygen atoms in total. The fourth-order valence-electron chi connectivity index (χ4n) is 1.13. The van der Waals surface area contributed by atoms with Crippen molar-refractivity contribution in [1.29, 1.82) is 0 Å². The highest BCUT2D eigenvalue weighted by molar-refractivity contribution is 5.81. The number of carbonyl (C=O) groups is 1. The summed E-state index contributed by atoms with van der Waals surface area (Å²) >= 11 is 0. The van der Waals surface area contributed by atoms with Gasteiger partial charge in [0, 0.05) is 12.8 Å². The molecule has 0 aliphatic heterocycles. The molecule has 0 radical (unpaired) electrons. The van der Waals surface area contributed by atoms with Gasteiger partial charge in [-0.05, 0) is 6.42 Å². The molecule has 2 heteroatoms. The third-order valence-electron chi connectivity index (χ3n) is 1.65. The van der Waals surface area contributed by atoms with Crippen molar-refractivity contribution in [2.45, 2.75) is 25.4 Å². The summed E-state index contributed by atoms with van der Waals surface area (Å²) in [7, 11) is 0. The second-order valence-electron chi connectivity index (χ2n) is 2.53. The number of carbonyl (C=O) groups excluding carboxylic acids is 1. The zero-order valence-electron chi connectivity index (χ0n) is 6.01. The van der Waals surface area contributed by atoms with Crippen LogP contribution in [0, 0.1) is 0 Å². The van der Waals surface area contributed by atoms with Gasteiger partial charge in [0.2, 0.25) is 0 Å². The van der Waals surface area contributed by atoms with E-state index in [0.717, 1.165) is 6.42 Å². The van der Waals surface area contributed by atoms with Crippen LogP contribution in [0.3, 0.4) is 0 Å². The lowest BCUT2D eigenvalue weighted by atomic mass is 10.3. The maximum Gasteiger partial charge on any atom is 0.135 e. The van der Waals surface area contributed by atoms with Crippen LogP contribution in [-0.2, 0) is 9.53 Å². The molecule has 1 aliphatic carbocycles. The first-order valence-electron chi connectivity index (χ1n) is 3.57. The van der Waals surface area contributed by atoms with Crippen molar-refractivity contribution in [1.82, 2.24) is 0 Å². The summed E-state index contributed by atoms with van der Waals surface area (Å²) in [6.45, 7) is 4.10. The van der Waals surface area contributed by atoms with E-state index >= 15 is 0 Å². The molecule has 0 aromatic heterocycles. The lowest BCUT2D eigenvalue weighted by Gasteiger charge is -2.06. The fraction of sp³-hybridized carbons (Fsp3) is 0.625. The molecule has 56 valence electrons. The van der Waals surface area contributed by atoms with E-state index < -0.39 is 0 Å². The molecular formula is C8H12O2. The number of hydrogen-bond acceptors (Lipinski definition) is 2. The van der Waals surface area contributed by atoms with Crippen LogP contribution in [0.15, 0.2) is 12.7 Å². The first-order valence-corrected chi connectivity index (χ1v) is 3.57. The summed E-state index contributed by atoms with van der Waals surface area (Å²) in [5, 5.41) is 0. The molecule has 1 unspecified atom stereocenters. The molecule has 0 spiro atoms. The third kappa shape index (κ3) is 1.95. The lowest BCUT2D eigenvalue weighted by Crippen LogP contribution is -2.07. The van der Waals surface area contributed by atoms with Gasteiger partial charge in [-0.2, -0.15) is 0 Å². The predicted octanol–water partition coefficient (Wildman–Crippen LogP) is 1.31. The number of hydrogen-bond donors (Lipinski definition) is 0. The third-order valence-corrected chi connectivity index (χ3v) is 1.65. The van der Waals surface area contributed by atoms with Crippen molar-refractivity contribution in [3.8, 4) is 0 Å². The highest BCUT2D eigenvalue weighted by Gasteiger charge is 2.21. The first-order chi connectivity index (χ1) is 4.83. The molecule has 0 saturated heterocycles. The van der Waals surface area contributed by atoms with Crippen LogP contribution in [0.1, 0.15) is 19.3 Å². The highest BCUT2D eigenvalue weighted by atomic mass is 16.5. The van der Waals surface area contributed by atoms with Gasteiger partial charge in [-0.3, -0.25) is 4.79 Å². The molecule has 0 aromatic rings. The Labute approximate surface area is 60.9 Å². The van der Waals surface area contributed by atoms with Crippen LogP contribution >= 0.6 is 0 Å². The topological polar surface area (TPSA) is 26.3 Å². The minimum Gasteiger partial charge on any atom is -0.374 e. The second-order valence-corrected chi connectivity index (χ2v) is 2.53. The Hall–Kier alpha value is -0.630. The fourth-order valence-corrected chi connectivity index (χ4v) is 1.13. The Morgan fingerprint density at radius 1 is 1.80 bits per heavy atom. The summed E-state index contributed by atoms with van der Waals surface area (Å²) in [5.41, 5.74) is 0. The van der Waals surface area contributed by atoms with Gasteiger partial charge in [0.25, 0.3) is 0 Å². The number of rotatable bonds is 3. The monoisotopic (exact) mass is 140 g/mol. The van der Waals surface area contributed by atoms with Crippen molar-refractivity contribution in [3.05, 3.63) is 12.7 Å². The molecule has 0 bridgehead atoms. The van der Waals surface area contributed by atoms with Crippen LogP contribution < -0.4 is 0 Å². The number of ether oxygens (including phenoxy) is 1. The van der Waals surface area contributed by atoms with Gasteiger partial charge in [0.1, 0.15) is 5.78 Å². The van der Waals surface area contributed by atoms with Crippen LogP contribution in [0.25, 0.3) is 0 Å². The van der Waals surface area contributed by atoms with Crippen LogP contribution in [0.4, 0.5) is 0 Å². The summed E-state index contributed by atoms with van der Waals surface area (Å²) in [6, 6.07) is 0. The van der Waals surface area contributed by atoms with Crippen molar-refractivity contribution in [3.63, 3.8) is 0 Å². The molecule has 0 heterocycles. The Morgan fingerprint density at radius 2 is 2.60 bits per heavy atom. The average molecular weight is 140 g/mol. The van der Waals surface area contributed by atoms with Gasteiger partial charge in [-0.25, -0.2) is 0 Å². The molecule has 1 fully saturated rings.